The van der Waals surface area contributed by atoms with Gasteiger partial charge in [0.25, 0.3) is 0 Å². The molecule has 0 aromatic rings. The lowest BCUT2D eigenvalue weighted by molar-refractivity contribution is 0.301. The van der Waals surface area contributed by atoms with Crippen LogP contribution in [0.25, 0.3) is 0 Å². The molecule has 0 aliphatic carbocycles. The maximum Gasteiger partial charge on any atom is 0.235 e. The van der Waals surface area contributed by atoms with Crippen LogP contribution >= 0.6 is 11.6 Å². The summed E-state index contributed by atoms with van der Waals surface area (Å²) in [6.07, 6.45) is 2.37. The van der Waals surface area contributed by atoms with E-state index in [4.69, 9.17) is 11.6 Å². The molecule has 0 aromatic heterocycles. The van der Waals surface area contributed by atoms with E-state index in [1.165, 1.54) is 6.08 Å². The fourth-order valence-electron chi connectivity index (χ4n) is 0.965. The first-order valence-corrected chi connectivity index (χ1v) is 4.49. The average Bonchev–Trinajstić information content (AvgIpc) is 1.98. The van der Waals surface area contributed by atoms with Crippen LogP contribution in [0, 0.1) is 0 Å². The molecule has 0 amide bonds. The van der Waals surface area contributed by atoms with E-state index in [2.05, 4.69) is 9.98 Å². The van der Waals surface area contributed by atoms with E-state index in [0.717, 1.165) is 13.1 Å². The van der Waals surface area contributed by atoms with E-state index < -0.39 is 17.3 Å². The van der Waals surface area contributed by atoms with Crippen molar-refractivity contribution in [3.8, 4) is 0 Å². The van der Waals surface area contributed by atoms with Crippen molar-refractivity contribution >= 4 is 23.8 Å². The minimum Gasteiger partial charge on any atom is -0.282 e. The second-order valence-electron chi connectivity index (χ2n) is 3.83. The zero-order valence-corrected chi connectivity index (χ0v) is 8.94. The van der Waals surface area contributed by atoms with E-state index in [1.807, 2.05) is 0 Å². The SMILES string of the molecule is CC1(C)/C=C(Cl)\C(F)=N/C(C)(F)C=N1. The fourth-order valence-corrected chi connectivity index (χ4v) is 1.27. The lowest BCUT2D eigenvalue weighted by atomic mass is 10.1. The van der Waals surface area contributed by atoms with Crippen LogP contribution in [0.5, 0.6) is 0 Å². The van der Waals surface area contributed by atoms with Gasteiger partial charge < -0.3 is 0 Å². The van der Waals surface area contributed by atoms with Gasteiger partial charge in [0.2, 0.25) is 11.8 Å². The summed E-state index contributed by atoms with van der Waals surface area (Å²) >= 11 is 5.57. The zero-order chi connectivity index (χ0) is 11.0. The van der Waals surface area contributed by atoms with Crippen molar-refractivity contribution in [3.63, 3.8) is 0 Å². The average molecular weight is 221 g/mol. The molecule has 5 heteroatoms. The first-order chi connectivity index (χ1) is 6.22. The van der Waals surface area contributed by atoms with Gasteiger partial charge in [-0.05, 0) is 26.8 Å². The number of halogens is 3. The number of rotatable bonds is 0. The third-order valence-corrected chi connectivity index (χ3v) is 1.89. The van der Waals surface area contributed by atoms with Crippen LogP contribution in [0.2, 0.25) is 0 Å². The number of allylic oxidation sites excluding steroid dienone is 1. The van der Waals surface area contributed by atoms with Crippen molar-refractivity contribution < 1.29 is 8.78 Å². The number of aliphatic imine (C=N–C) groups is 2. The Morgan fingerprint density at radius 1 is 1.36 bits per heavy atom. The maximum atomic E-state index is 13.4. The zero-order valence-electron chi connectivity index (χ0n) is 8.18. The monoisotopic (exact) mass is 220 g/mol. The minimum absolute atomic E-state index is 0.212. The summed E-state index contributed by atoms with van der Waals surface area (Å²) in [6, 6.07) is 0. The number of alkyl halides is 1. The highest BCUT2D eigenvalue weighted by Crippen LogP contribution is 2.23. The van der Waals surface area contributed by atoms with Crippen LogP contribution < -0.4 is 0 Å². The fraction of sp³-hybridized carbons (Fsp3) is 0.556. The summed E-state index contributed by atoms with van der Waals surface area (Å²) in [7, 11) is 0. The lowest BCUT2D eigenvalue weighted by Crippen LogP contribution is -2.25. The van der Waals surface area contributed by atoms with Crippen molar-refractivity contribution in [2.24, 2.45) is 9.98 Å². The molecule has 1 aliphatic heterocycles. The van der Waals surface area contributed by atoms with Gasteiger partial charge in [0, 0.05) is 0 Å². The minimum atomic E-state index is -2.14. The van der Waals surface area contributed by atoms with Crippen LogP contribution in [0.1, 0.15) is 20.8 Å². The Labute approximate surface area is 86.4 Å². The molecule has 2 nitrogen and oxygen atoms in total. The Bertz CT molecular complexity index is 298. The van der Waals surface area contributed by atoms with Crippen LogP contribution in [0.15, 0.2) is 21.1 Å². The molecule has 1 heterocycles. The molecule has 1 unspecified atom stereocenters. The Hall–Kier alpha value is -0.770. The summed E-state index contributed by atoms with van der Waals surface area (Å²) < 4.78 is 26.5. The van der Waals surface area contributed by atoms with Gasteiger partial charge in [0.05, 0.1) is 16.8 Å². The molecule has 0 bridgehead atoms. The van der Waals surface area contributed by atoms with Gasteiger partial charge in [-0.15, -0.1) is 0 Å². The quantitative estimate of drug-likeness (QED) is 0.561. The highest BCUT2D eigenvalue weighted by atomic mass is 35.5. The molecule has 0 N–H and O–H groups in total. The Kier molecular flexibility index (Phi) is 2.76. The van der Waals surface area contributed by atoms with Crippen LogP contribution in [-0.2, 0) is 0 Å². The van der Waals surface area contributed by atoms with Crippen LogP contribution in [0.3, 0.4) is 0 Å². The summed E-state index contributed by atoms with van der Waals surface area (Å²) in [5, 5.41) is -0.212. The molecule has 0 spiro atoms. The molecule has 14 heavy (non-hydrogen) atoms. The molecule has 0 saturated heterocycles. The Balaban J connectivity index is 3.24. The standard InChI is InChI=1S/C9H11ClF2N2/c1-8(2)4-6(10)7(11)14-9(3,12)5-13-8/h4-5H,1-3H3/b6-4+,13-5?,14-7+. The van der Waals surface area contributed by atoms with Gasteiger partial charge in [0.15, 0.2) is 0 Å². The van der Waals surface area contributed by atoms with Gasteiger partial charge in [-0.3, -0.25) is 4.99 Å². The molecule has 0 saturated carbocycles. The molecule has 1 aliphatic rings. The van der Waals surface area contributed by atoms with E-state index in [1.54, 1.807) is 13.8 Å². The summed E-state index contributed by atoms with van der Waals surface area (Å²) in [5.74, 6) is -3.15. The van der Waals surface area contributed by atoms with Crippen LogP contribution in [0.4, 0.5) is 8.78 Å². The Morgan fingerprint density at radius 2 is 1.93 bits per heavy atom. The van der Waals surface area contributed by atoms with Gasteiger partial charge in [-0.2, -0.15) is 4.39 Å². The largest absolute Gasteiger partial charge is 0.282 e. The van der Waals surface area contributed by atoms with E-state index >= 15 is 0 Å². The highest BCUT2D eigenvalue weighted by Gasteiger charge is 2.26. The molecule has 0 aromatic carbocycles. The highest BCUT2D eigenvalue weighted by molar-refractivity contribution is 6.42. The van der Waals surface area contributed by atoms with E-state index in [0.29, 0.717) is 0 Å². The summed E-state index contributed by atoms with van der Waals surface area (Å²) in [5.41, 5.74) is -0.724. The van der Waals surface area contributed by atoms with Crippen molar-refractivity contribution in [2.75, 3.05) is 0 Å². The molecule has 78 valence electrons. The number of hydrogen-bond donors (Lipinski definition) is 0. The smallest absolute Gasteiger partial charge is 0.235 e. The summed E-state index contributed by atoms with van der Waals surface area (Å²) in [6.45, 7) is 4.50. The summed E-state index contributed by atoms with van der Waals surface area (Å²) in [4.78, 5) is 7.07. The molecule has 0 radical (unpaired) electrons. The second kappa shape index (κ2) is 3.42. The third-order valence-electron chi connectivity index (χ3n) is 1.63. The predicted octanol–water partition coefficient (Wildman–Crippen LogP) is 3.03. The topological polar surface area (TPSA) is 24.7 Å². The lowest BCUT2D eigenvalue weighted by Gasteiger charge is -2.20. The molecular weight excluding hydrogens is 210 g/mol. The van der Waals surface area contributed by atoms with Crippen molar-refractivity contribution in [1.29, 1.82) is 0 Å². The van der Waals surface area contributed by atoms with Crippen LogP contribution in [-0.4, -0.2) is 23.5 Å². The third kappa shape index (κ3) is 2.87. The molecule has 1 atom stereocenters. The van der Waals surface area contributed by atoms with Crippen molar-refractivity contribution in [1.82, 2.24) is 0 Å². The first kappa shape index (κ1) is 11.3. The van der Waals surface area contributed by atoms with E-state index in [-0.39, 0.29) is 5.03 Å². The van der Waals surface area contributed by atoms with Gasteiger partial charge in [-0.1, -0.05) is 11.6 Å². The Morgan fingerprint density at radius 3 is 2.50 bits per heavy atom. The first-order valence-electron chi connectivity index (χ1n) is 4.11. The normalized spacial score (nSPS) is 39.0. The van der Waals surface area contributed by atoms with Gasteiger partial charge >= 0.3 is 0 Å². The predicted molar refractivity (Wildman–Crippen MR) is 54.6 cm³/mol. The maximum absolute atomic E-state index is 13.4. The second-order valence-corrected chi connectivity index (χ2v) is 4.24. The number of hydrogen-bond acceptors (Lipinski definition) is 2. The van der Waals surface area contributed by atoms with Gasteiger partial charge in [-0.25, -0.2) is 9.38 Å². The van der Waals surface area contributed by atoms with Crippen molar-refractivity contribution in [2.45, 2.75) is 32.1 Å². The molecule has 0 fully saturated rings. The van der Waals surface area contributed by atoms with E-state index in [9.17, 15) is 8.78 Å². The number of nitrogens with zero attached hydrogens (tertiary/aromatic N) is 2. The van der Waals surface area contributed by atoms with Crippen molar-refractivity contribution in [3.05, 3.63) is 11.1 Å². The molecule has 1 rings (SSSR count). The molecular formula is C9H11ClF2N2. The van der Waals surface area contributed by atoms with Gasteiger partial charge in [0.1, 0.15) is 0 Å².